The lowest BCUT2D eigenvalue weighted by molar-refractivity contribution is -0.137. The predicted octanol–water partition coefficient (Wildman–Crippen LogP) is 6.52. The minimum atomic E-state index is -0.676. The van der Waals surface area contributed by atoms with Crippen LogP contribution in [0.4, 0.5) is 0 Å². The number of unbranched alkanes of at least 4 members (excludes halogenated alkanes) is 6. The summed E-state index contributed by atoms with van der Waals surface area (Å²) in [7, 11) is 0. The molecule has 0 atom stereocenters. The standard InChI is InChI=1S/C20H36O2/c1-20(2,3)18-16-14-12-10-8-6-4-5-7-9-11-13-15-17-19(21)22/h4-5,8,10H,6-7,9,11-18H2,1-3H3,(H,21,22)/b5-4-,10-8-. The summed E-state index contributed by atoms with van der Waals surface area (Å²) in [6, 6.07) is 0. The molecule has 1 N–H and O–H groups in total. The lowest BCUT2D eigenvalue weighted by atomic mass is 9.89. The molecular weight excluding hydrogens is 272 g/mol. The number of hydrogen-bond donors (Lipinski definition) is 1. The number of carboxylic acid groups (broad SMARTS) is 1. The van der Waals surface area contributed by atoms with Crippen molar-refractivity contribution < 1.29 is 9.90 Å². The average molecular weight is 309 g/mol. The van der Waals surface area contributed by atoms with Crippen LogP contribution < -0.4 is 0 Å². The monoisotopic (exact) mass is 308 g/mol. The van der Waals surface area contributed by atoms with Gasteiger partial charge in [-0.1, -0.05) is 64.3 Å². The Balaban J connectivity index is 3.29. The third kappa shape index (κ3) is 18.9. The normalized spacial score (nSPS) is 12.5. The Labute approximate surface area is 137 Å². The number of hydrogen-bond acceptors (Lipinski definition) is 1. The van der Waals surface area contributed by atoms with Crippen LogP contribution in [0.3, 0.4) is 0 Å². The molecule has 0 saturated heterocycles. The van der Waals surface area contributed by atoms with Gasteiger partial charge in [-0.05, 0) is 50.4 Å². The van der Waals surface area contributed by atoms with Crippen molar-refractivity contribution in [3.05, 3.63) is 24.3 Å². The van der Waals surface area contributed by atoms with Gasteiger partial charge >= 0.3 is 5.97 Å². The molecule has 0 radical (unpaired) electrons. The summed E-state index contributed by atoms with van der Waals surface area (Å²) in [4.78, 5) is 10.3. The van der Waals surface area contributed by atoms with Gasteiger partial charge in [-0.15, -0.1) is 0 Å². The molecule has 0 aromatic carbocycles. The summed E-state index contributed by atoms with van der Waals surface area (Å²) in [6.45, 7) is 6.92. The van der Waals surface area contributed by atoms with Gasteiger partial charge in [0.1, 0.15) is 0 Å². The summed E-state index contributed by atoms with van der Waals surface area (Å²) in [5, 5.41) is 8.52. The molecule has 0 heterocycles. The Kier molecular flexibility index (Phi) is 13.0. The first-order chi connectivity index (χ1) is 10.4. The molecule has 0 spiro atoms. The molecule has 22 heavy (non-hydrogen) atoms. The molecule has 0 fully saturated rings. The molecule has 128 valence electrons. The van der Waals surface area contributed by atoms with Crippen molar-refractivity contribution >= 4 is 5.97 Å². The zero-order valence-corrected chi connectivity index (χ0v) is 14.9. The van der Waals surface area contributed by atoms with E-state index in [-0.39, 0.29) is 0 Å². The van der Waals surface area contributed by atoms with E-state index in [1.165, 1.54) is 32.1 Å². The van der Waals surface area contributed by atoms with Crippen molar-refractivity contribution in [3.8, 4) is 0 Å². The van der Waals surface area contributed by atoms with Gasteiger partial charge in [0, 0.05) is 6.42 Å². The predicted molar refractivity (Wildman–Crippen MR) is 96.2 cm³/mol. The van der Waals surface area contributed by atoms with E-state index in [1.807, 2.05) is 0 Å². The lowest BCUT2D eigenvalue weighted by Gasteiger charge is -2.16. The fourth-order valence-corrected chi connectivity index (χ4v) is 2.32. The second kappa shape index (κ2) is 13.6. The molecule has 0 rings (SSSR count). The third-order valence-electron chi connectivity index (χ3n) is 3.66. The third-order valence-corrected chi connectivity index (χ3v) is 3.66. The van der Waals surface area contributed by atoms with E-state index in [1.54, 1.807) is 0 Å². The largest absolute Gasteiger partial charge is 0.481 e. The van der Waals surface area contributed by atoms with Crippen LogP contribution in [-0.2, 0) is 4.79 Å². The van der Waals surface area contributed by atoms with E-state index in [0.717, 1.165) is 32.1 Å². The zero-order chi connectivity index (χ0) is 16.7. The van der Waals surface area contributed by atoms with Crippen LogP contribution in [0.2, 0.25) is 0 Å². The van der Waals surface area contributed by atoms with Gasteiger partial charge in [0.2, 0.25) is 0 Å². The molecule has 0 bridgehead atoms. The van der Waals surface area contributed by atoms with Gasteiger partial charge in [-0.3, -0.25) is 4.79 Å². The van der Waals surface area contributed by atoms with Crippen LogP contribution in [0.25, 0.3) is 0 Å². The number of aliphatic carboxylic acids is 1. The minimum absolute atomic E-state index is 0.316. The number of carboxylic acids is 1. The van der Waals surface area contributed by atoms with Crippen LogP contribution in [0, 0.1) is 5.41 Å². The maximum atomic E-state index is 10.3. The van der Waals surface area contributed by atoms with Crippen molar-refractivity contribution in [3.63, 3.8) is 0 Å². The first-order valence-electron chi connectivity index (χ1n) is 8.93. The Morgan fingerprint density at radius 2 is 1.36 bits per heavy atom. The summed E-state index contributed by atoms with van der Waals surface area (Å²) in [5.74, 6) is -0.676. The van der Waals surface area contributed by atoms with Gasteiger partial charge in [-0.2, -0.15) is 0 Å². The highest BCUT2D eigenvalue weighted by Crippen LogP contribution is 2.22. The second-order valence-electron chi connectivity index (χ2n) is 7.33. The maximum absolute atomic E-state index is 10.3. The first-order valence-corrected chi connectivity index (χ1v) is 8.93. The molecule has 2 nitrogen and oxygen atoms in total. The summed E-state index contributed by atoms with van der Waals surface area (Å²) >= 11 is 0. The molecule has 0 aromatic heterocycles. The summed E-state index contributed by atoms with van der Waals surface area (Å²) in [5.41, 5.74) is 0.472. The van der Waals surface area contributed by atoms with E-state index >= 15 is 0 Å². The molecule has 2 heteroatoms. The van der Waals surface area contributed by atoms with Crippen molar-refractivity contribution in [1.29, 1.82) is 0 Å². The topological polar surface area (TPSA) is 37.3 Å². The van der Waals surface area contributed by atoms with Gasteiger partial charge in [0.25, 0.3) is 0 Å². The van der Waals surface area contributed by atoms with Gasteiger partial charge in [0.15, 0.2) is 0 Å². The molecule has 0 saturated carbocycles. The van der Waals surface area contributed by atoms with E-state index < -0.39 is 5.97 Å². The van der Waals surface area contributed by atoms with Gasteiger partial charge < -0.3 is 5.11 Å². The fraction of sp³-hybridized carbons (Fsp3) is 0.750. The number of allylic oxidation sites excluding steroid dienone is 4. The highest BCUT2D eigenvalue weighted by atomic mass is 16.4. The molecule has 0 amide bonds. The summed E-state index contributed by atoms with van der Waals surface area (Å²) < 4.78 is 0. The summed E-state index contributed by atoms with van der Waals surface area (Å²) in [6.07, 6.45) is 20.8. The zero-order valence-electron chi connectivity index (χ0n) is 14.9. The van der Waals surface area contributed by atoms with E-state index in [9.17, 15) is 4.79 Å². The SMILES string of the molecule is CC(C)(C)CCCC/C=C\C/C=C\CCCCCCC(=O)O. The molecule has 0 aromatic rings. The Bertz CT molecular complexity index is 321. The van der Waals surface area contributed by atoms with Crippen molar-refractivity contribution in [1.82, 2.24) is 0 Å². The number of carbonyl (C=O) groups is 1. The average Bonchev–Trinajstić information content (AvgIpc) is 2.41. The Morgan fingerprint density at radius 1 is 0.818 bits per heavy atom. The Hall–Kier alpha value is -1.05. The van der Waals surface area contributed by atoms with Gasteiger partial charge in [-0.25, -0.2) is 0 Å². The fourth-order valence-electron chi connectivity index (χ4n) is 2.32. The van der Waals surface area contributed by atoms with Crippen LogP contribution in [0.1, 0.15) is 91.4 Å². The highest BCUT2D eigenvalue weighted by Gasteiger charge is 2.08. The van der Waals surface area contributed by atoms with Crippen LogP contribution in [0.5, 0.6) is 0 Å². The van der Waals surface area contributed by atoms with Gasteiger partial charge in [0.05, 0.1) is 0 Å². The Morgan fingerprint density at radius 3 is 1.91 bits per heavy atom. The highest BCUT2D eigenvalue weighted by molar-refractivity contribution is 5.66. The lowest BCUT2D eigenvalue weighted by Crippen LogP contribution is -2.03. The van der Waals surface area contributed by atoms with E-state index in [4.69, 9.17) is 5.11 Å². The van der Waals surface area contributed by atoms with Crippen molar-refractivity contribution in [2.24, 2.45) is 5.41 Å². The van der Waals surface area contributed by atoms with E-state index in [0.29, 0.717) is 11.8 Å². The first kappa shape index (κ1) is 20.9. The van der Waals surface area contributed by atoms with Crippen molar-refractivity contribution in [2.75, 3.05) is 0 Å². The van der Waals surface area contributed by atoms with E-state index in [2.05, 4.69) is 45.1 Å². The minimum Gasteiger partial charge on any atom is -0.481 e. The van der Waals surface area contributed by atoms with Crippen LogP contribution in [-0.4, -0.2) is 11.1 Å². The van der Waals surface area contributed by atoms with Crippen molar-refractivity contribution in [2.45, 2.75) is 91.4 Å². The van der Waals surface area contributed by atoms with Crippen LogP contribution >= 0.6 is 0 Å². The quantitative estimate of drug-likeness (QED) is 0.310. The van der Waals surface area contributed by atoms with Crippen LogP contribution in [0.15, 0.2) is 24.3 Å². The number of rotatable bonds is 13. The second-order valence-corrected chi connectivity index (χ2v) is 7.33. The molecule has 0 aliphatic carbocycles. The molecular formula is C20H36O2. The molecule has 0 aliphatic rings. The molecule has 0 unspecified atom stereocenters. The molecule has 0 aliphatic heterocycles. The maximum Gasteiger partial charge on any atom is 0.303 e. The smallest absolute Gasteiger partial charge is 0.303 e.